The molecule has 1 saturated carbocycles. The minimum absolute atomic E-state index is 0.00658. The first kappa shape index (κ1) is 15.8. The molecule has 1 rings (SSSR count). The van der Waals surface area contributed by atoms with Crippen molar-refractivity contribution in [3.8, 4) is 0 Å². The summed E-state index contributed by atoms with van der Waals surface area (Å²) in [7, 11) is 1.32. The topological polar surface area (TPSA) is 87.7 Å². The van der Waals surface area contributed by atoms with Crippen molar-refractivity contribution in [3.63, 3.8) is 0 Å². The fourth-order valence-electron chi connectivity index (χ4n) is 2.45. The Balaban J connectivity index is 2.23. The van der Waals surface area contributed by atoms with Crippen LogP contribution in [0.2, 0.25) is 0 Å². The lowest BCUT2D eigenvalue weighted by Crippen LogP contribution is -2.44. The molecule has 0 aromatic heterocycles. The predicted molar refractivity (Wildman–Crippen MR) is 70.6 cm³/mol. The van der Waals surface area contributed by atoms with Crippen LogP contribution < -0.4 is 10.6 Å². The van der Waals surface area contributed by atoms with Gasteiger partial charge in [-0.2, -0.15) is 0 Å². The molecular formula is C13H24N2O4. The predicted octanol–water partition coefficient (Wildman–Crippen LogP) is 0.788. The SMILES string of the molecule is COC(=O)CCNC(=O)NC(C)C1CCC(C)(O)C1. The van der Waals surface area contributed by atoms with Crippen LogP contribution in [0, 0.1) is 5.92 Å². The summed E-state index contributed by atoms with van der Waals surface area (Å²) in [5.74, 6) is -0.0541. The molecule has 1 aliphatic rings. The molecule has 3 atom stereocenters. The number of amides is 2. The standard InChI is InChI=1S/C13H24N2O4/c1-9(10-4-6-13(2,18)8-10)15-12(17)14-7-5-11(16)19-3/h9-10,18H,4-8H2,1-3H3,(H2,14,15,17). The largest absolute Gasteiger partial charge is 0.469 e. The molecule has 0 spiro atoms. The van der Waals surface area contributed by atoms with Gasteiger partial charge in [-0.05, 0) is 39.0 Å². The van der Waals surface area contributed by atoms with Crippen LogP contribution in [0.1, 0.15) is 39.5 Å². The smallest absolute Gasteiger partial charge is 0.315 e. The molecule has 3 unspecified atom stereocenters. The van der Waals surface area contributed by atoms with Gasteiger partial charge in [-0.1, -0.05) is 0 Å². The molecule has 0 saturated heterocycles. The summed E-state index contributed by atoms with van der Waals surface area (Å²) < 4.78 is 4.48. The number of carbonyl (C=O) groups is 2. The van der Waals surface area contributed by atoms with Crippen LogP contribution in [0.5, 0.6) is 0 Å². The first-order valence-electron chi connectivity index (χ1n) is 6.67. The number of urea groups is 1. The zero-order chi connectivity index (χ0) is 14.5. The van der Waals surface area contributed by atoms with Crippen LogP contribution in [0.15, 0.2) is 0 Å². The van der Waals surface area contributed by atoms with Crippen LogP contribution in [0.25, 0.3) is 0 Å². The van der Waals surface area contributed by atoms with E-state index in [4.69, 9.17) is 0 Å². The highest BCUT2D eigenvalue weighted by Crippen LogP contribution is 2.35. The molecule has 0 bridgehead atoms. The van der Waals surface area contributed by atoms with Crippen molar-refractivity contribution >= 4 is 12.0 Å². The van der Waals surface area contributed by atoms with Crippen LogP contribution in [0.3, 0.4) is 0 Å². The van der Waals surface area contributed by atoms with Crippen LogP contribution in [-0.2, 0) is 9.53 Å². The number of hydrogen-bond donors (Lipinski definition) is 3. The van der Waals surface area contributed by atoms with Gasteiger partial charge in [0.2, 0.25) is 0 Å². The highest BCUT2D eigenvalue weighted by molar-refractivity contribution is 5.75. The van der Waals surface area contributed by atoms with Crippen molar-refractivity contribution in [1.82, 2.24) is 10.6 Å². The lowest BCUT2D eigenvalue weighted by atomic mass is 9.97. The Morgan fingerprint density at radius 1 is 1.53 bits per heavy atom. The minimum Gasteiger partial charge on any atom is -0.469 e. The summed E-state index contributed by atoms with van der Waals surface area (Å²) >= 11 is 0. The molecular weight excluding hydrogens is 248 g/mol. The van der Waals surface area contributed by atoms with Gasteiger partial charge in [0, 0.05) is 12.6 Å². The van der Waals surface area contributed by atoms with Crippen molar-refractivity contribution in [2.24, 2.45) is 5.92 Å². The van der Waals surface area contributed by atoms with Crippen molar-refractivity contribution in [1.29, 1.82) is 0 Å². The van der Waals surface area contributed by atoms with E-state index in [0.29, 0.717) is 12.3 Å². The van der Waals surface area contributed by atoms with Crippen LogP contribution in [0.4, 0.5) is 4.79 Å². The van der Waals surface area contributed by atoms with E-state index in [0.717, 1.165) is 12.8 Å². The third kappa shape index (κ3) is 5.46. The molecule has 0 aromatic carbocycles. The van der Waals surface area contributed by atoms with Crippen molar-refractivity contribution in [2.75, 3.05) is 13.7 Å². The number of methoxy groups -OCH3 is 1. The van der Waals surface area contributed by atoms with Gasteiger partial charge in [0.15, 0.2) is 0 Å². The average molecular weight is 272 g/mol. The molecule has 0 aliphatic heterocycles. The van der Waals surface area contributed by atoms with E-state index in [1.54, 1.807) is 0 Å². The lowest BCUT2D eigenvalue weighted by Gasteiger charge is -2.22. The van der Waals surface area contributed by atoms with E-state index < -0.39 is 5.60 Å². The highest BCUT2D eigenvalue weighted by atomic mass is 16.5. The van der Waals surface area contributed by atoms with E-state index in [-0.39, 0.29) is 31.0 Å². The molecule has 6 nitrogen and oxygen atoms in total. The number of hydrogen-bond acceptors (Lipinski definition) is 4. The van der Waals surface area contributed by atoms with Gasteiger partial charge in [-0.25, -0.2) is 4.79 Å². The molecule has 1 aliphatic carbocycles. The molecule has 3 N–H and O–H groups in total. The van der Waals surface area contributed by atoms with Crippen molar-refractivity contribution in [2.45, 2.75) is 51.2 Å². The van der Waals surface area contributed by atoms with E-state index in [2.05, 4.69) is 15.4 Å². The quantitative estimate of drug-likeness (QED) is 0.646. The molecule has 1 fully saturated rings. The third-order valence-corrected chi connectivity index (χ3v) is 3.66. The fraction of sp³-hybridized carbons (Fsp3) is 0.846. The Labute approximate surface area is 113 Å². The summed E-state index contributed by atoms with van der Waals surface area (Å²) in [5.41, 5.74) is -0.609. The molecule has 0 aromatic rings. The van der Waals surface area contributed by atoms with E-state index in [1.165, 1.54) is 7.11 Å². The molecule has 110 valence electrons. The first-order chi connectivity index (χ1) is 8.84. The number of esters is 1. The second-order valence-corrected chi connectivity index (χ2v) is 5.51. The maximum Gasteiger partial charge on any atom is 0.315 e. The zero-order valence-corrected chi connectivity index (χ0v) is 11.9. The second-order valence-electron chi connectivity index (χ2n) is 5.51. The molecule has 2 amide bonds. The molecule has 0 heterocycles. The Morgan fingerprint density at radius 2 is 2.21 bits per heavy atom. The van der Waals surface area contributed by atoms with Crippen molar-refractivity contribution in [3.05, 3.63) is 0 Å². The van der Waals surface area contributed by atoms with Gasteiger partial charge in [-0.3, -0.25) is 4.79 Å². The van der Waals surface area contributed by atoms with Gasteiger partial charge >= 0.3 is 12.0 Å². The minimum atomic E-state index is -0.609. The summed E-state index contributed by atoms with van der Waals surface area (Å²) in [4.78, 5) is 22.5. The fourth-order valence-corrected chi connectivity index (χ4v) is 2.45. The monoisotopic (exact) mass is 272 g/mol. The molecule has 6 heteroatoms. The number of carbonyl (C=O) groups excluding carboxylic acids is 2. The summed E-state index contributed by atoms with van der Waals surface area (Å²) in [6.45, 7) is 4.02. The number of nitrogens with one attached hydrogen (secondary N) is 2. The van der Waals surface area contributed by atoms with Gasteiger partial charge in [0.1, 0.15) is 0 Å². The van der Waals surface area contributed by atoms with Crippen LogP contribution in [-0.4, -0.2) is 42.4 Å². The maximum absolute atomic E-state index is 11.6. The Hall–Kier alpha value is -1.30. The van der Waals surface area contributed by atoms with E-state index in [9.17, 15) is 14.7 Å². The highest BCUT2D eigenvalue weighted by Gasteiger charge is 2.35. The average Bonchev–Trinajstić information content (AvgIpc) is 2.69. The lowest BCUT2D eigenvalue weighted by molar-refractivity contribution is -0.140. The Bertz CT molecular complexity index is 331. The number of rotatable bonds is 5. The summed E-state index contributed by atoms with van der Waals surface area (Å²) in [5, 5.41) is 15.3. The van der Waals surface area contributed by atoms with Crippen molar-refractivity contribution < 1.29 is 19.4 Å². The van der Waals surface area contributed by atoms with Crippen LogP contribution >= 0.6 is 0 Å². The zero-order valence-electron chi connectivity index (χ0n) is 11.9. The summed E-state index contributed by atoms with van der Waals surface area (Å²) in [6.07, 6.45) is 2.55. The van der Waals surface area contributed by atoms with Gasteiger partial charge < -0.3 is 20.5 Å². The third-order valence-electron chi connectivity index (χ3n) is 3.66. The molecule has 0 radical (unpaired) electrons. The van der Waals surface area contributed by atoms with Gasteiger partial charge in [0.05, 0.1) is 19.1 Å². The van der Waals surface area contributed by atoms with Gasteiger partial charge in [-0.15, -0.1) is 0 Å². The Kier molecular flexibility index (Phi) is 5.60. The maximum atomic E-state index is 11.6. The Morgan fingerprint density at radius 3 is 2.74 bits per heavy atom. The van der Waals surface area contributed by atoms with E-state index >= 15 is 0 Å². The first-order valence-corrected chi connectivity index (χ1v) is 6.67. The second kappa shape index (κ2) is 6.75. The number of aliphatic hydroxyl groups is 1. The number of ether oxygens (including phenoxy) is 1. The van der Waals surface area contributed by atoms with E-state index in [1.807, 2.05) is 13.8 Å². The summed E-state index contributed by atoms with van der Waals surface area (Å²) in [6, 6.07) is -0.282. The normalized spacial score (nSPS) is 27.7. The van der Waals surface area contributed by atoms with Gasteiger partial charge in [0.25, 0.3) is 0 Å². The molecule has 19 heavy (non-hydrogen) atoms.